The van der Waals surface area contributed by atoms with Gasteiger partial charge in [0.2, 0.25) is 0 Å². The van der Waals surface area contributed by atoms with Gasteiger partial charge >= 0.3 is 0 Å². The second-order valence-electron chi connectivity index (χ2n) is 1.74. The lowest BCUT2D eigenvalue weighted by Gasteiger charge is -1.77. The first-order valence-corrected chi connectivity index (χ1v) is 4.68. The van der Waals surface area contributed by atoms with Gasteiger partial charge in [-0.25, -0.2) is 0 Å². The van der Waals surface area contributed by atoms with Gasteiger partial charge in [-0.2, -0.15) is 0 Å². The average molecular weight is 126 g/mol. The van der Waals surface area contributed by atoms with Crippen molar-refractivity contribution in [3.63, 3.8) is 0 Å². The highest BCUT2D eigenvalue weighted by molar-refractivity contribution is 6.49. The van der Waals surface area contributed by atoms with E-state index in [1.54, 1.807) is 0 Å². The van der Waals surface area contributed by atoms with Crippen molar-refractivity contribution in [2.45, 2.75) is 26.3 Å². The topological polar surface area (TPSA) is 0 Å². The van der Waals surface area contributed by atoms with Crippen LogP contribution >= 0.6 is 0 Å². The van der Waals surface area contributed by atoms with E-state index in [0.29, 0.717) is 9.13 Å². The van der Waals surface area contributed by atoms with E-state index < -0.39 is 0 Å². The SMILES string of the molecule is CC=CC=[SiH]CCC. The number of rotatable bonds is 3. The number of allylic oxidation sites excluding steroid dienone is 2. The Hall–Kier alpha value is -0.173. The Labute approximate surface area is 54.1 Å². The molecule has 46 valence electrons. The zero-order chi connectivity index (χ0) is 6.24. The summed E-state index contributed by atoms with van der Waals surface area (Å²) in [5.41, 5.74) is 2.30. The molecule has 0 saturated heterocycles. The monoisotopic (exact) mass is 126 g/mol. The molecule has 8 heavy (non-hydrogen) atoms. The standard InChI is InChI=1S/C7H14Si/c1-3-5-7-8-6-4-2/h3,5,7-8H,4,6H2,1-2H3. The van der Waals surface area contributed by atoms with Crippen LogP contribution in [-0.2, 0) is 0 Å². The quantitative estimate of drug-likeness (QED) is 0.504. The Balaban J connectivity index is 3.07. The third-order valence-corrected chi connectivity index (χ3v) is 2.30. The summed E-state index contributed by atoms with van der Waals surface area (Å²) in [6.07, 6.45) is 5.57. The maximum Gasteiger partial charge on any atom is -0.00685 e. The molecular formula is C7H14Si. The third-order valence-electron chi connectivity index (χ3n) is 0.895. The summed E-state index contributed by atoms with van der Waals surface area (Å²) < 4.78 is 0. The van der Waals surface area contributed by atoms with Gasteiger partial charge in [0.15, 0.2) is 0 Å². The second kappa shape index (κ2) is 6.83. The van der Waals surface area contributed by atoms with Crippen LogP contribution in [0.3, 0.4) is 0 Å². The van der Waals surface area contributed by atoms with E-state index in [1.807, 2.05) is 0 Å². The van der Waals surface area contributed by atoms with Crippen molar-refractivity contribution < 1.29 is 0 Å². The Kier molecular flexibility index (Phi) is 6.68. The fourth-order valence-corrected chi connectivity index (χ4v) is 1.36. The molecule has 0 heterocycles. The minimum atomic E-state index is 0.608. The zero-order valence-corrected chi connectivity index (χ0v) is 6.88. The zero-order valence-electron chi connectivity index (χ0n) is 5.72. The van der Waals surface area contributed by atoms with Crippen molar-refractivity contribution in [1.82, 2.24) is 0 Å². The van der Waals surface area contributed by atoms with Crippen LogP contribution in [0.25, 0.3) is 0 Å². The number of hydrogen-bond acceptors (Lipinski definition) is 0. The molecular weight excluding hydrogens is 112 g/mol. The lowest BCUT2D eigenvalue weighted by Crippen LogP contribution is -1.76. The molecule has 0 spiro atoms. The fraction of sp³-hybridized carbons (Fsp3) is 0.571. The summed E-state index contributed by atoms with van der Waals surface area (Å²) in [4.78, 5) is 0. The third kappa shape index (κ3) is 5.83. The molecule has 0 aromatic heterocycles. The minimum absolute atomic E-state index is 0.608. The van der Waals surface area contributed by atoms with Gasteiger partial charge in [0.25, 0.3) is 0 Å². The molecule has 0 saturated carbocycles. The fourth-order valence-electron chi connectivity index (χ4n) is 0.453. The van der Waals surface area contributed by atoms with E-state index in [4.69, 9.17) is 0 Å². The maximum atomic E-state index is 2.30. The molecule has 0 nitrogen and oxygen atoms in total. The van der Waals surface area contributed by atoms with Gasteiger partial charge in [0.05, 0.1) is 0 Å². The van der Waals surface area contributed by atoms with Gasteiger partial charge in [-0.3, -0.25) is 0 Å². The predicted molar refractivity (Wildman–Crippen MR) is 43.1 cm³/mol. The van der Waals surface area contributed by atoms with Crippen molar-refractivity contribution in [3.05, 3.63) is 12.2 Å². The maximum absolute atomic E-state index is 2.30. The van der Waals surface area contributed by atoms with E-state index >= 15 is 0 Å². The number of hydrogen-bond donors (Lipinski definition) is 0. The van der Waals surface area contributed by atoms with Crippen molar-refractivity contribution in [2.75, 3.05) is 0 Å². The lowest BCUT2D eigenvalue weighted by molar-refractivity contribution is 1.08. The van der Waals surface area contributed by atoms with Crippen LogP contribution < -0.4 is 0 Å². The second-order valence-corrected chi connectivity index (χ2v) is 3.18. The van der Waals surface area contributed by atoms with Crippen molar-refractivity contribution in [2.24, 2.45) is 0 Å². The summed E-state index contributed by atoms with van der Waals surface area (Å²) in [5, 5.41) is 0. The molecule has 0 aromatic rings. The van der Waals surface area contributed by atoms with Crippen molar-refractivity contribution in [3.8, 4) is 0 Å². The highest BCUT2D eigenvalue weighted by Gasteiger charge is 1.67. The molecule has 0 unspecified atom stereocenters. The van der Waals surface area contributed by atoms with Crippen LogP contribution in [-0.4, -0.2) is 14.8 Å². The molecule has 0 aliphatic heterocycles. The largest absolute Gasteiger partial charge is 0.0881 e. The summed E-state index contributed by atoms with van der Waals surface area (Å²) >= 11 is 0. The van der Waals surface area contributed by atoms with E-state index in [0.717, 1.165) is 0 Å². The van der Waals surface area contributed by atoms with Crippen LogP contribution in [0.5, 0.6) is 0 Å². The van der Waals surface area contributed by atoms with E-state index in [1.165, 1.54) is 12.5 Å². The van der Waals surface area contributed by atoms with Gasteiger partial charge in [-0.05, 0) is 22.1 Å². The van der Waals surface area contributed by atoms with Crippen molar-refractivity contribution in [1.29, 1.82) is 0 Å². The summed E-state index contributed by atoms with van der Waals surface area (Å²) in [6.45, 7) is 4.29. The predicted octanol–water partition coefficient (Wildman–Crippen LogP) is 1.63. The molecule has 0 N–H and O–H groups in total. The molecule has 0 fully saturated rings. The molecule has 0 amide bonds. The summed E-state index contributed by atoms with van der Waals surface area (Å²) in [6, 6.07) is 1.41. The van der Waals surface area contributed by atoms with E-state index in [-0.39, 0.29) is 0 Å². The summed E-state index contributed by atoms with van der Waals surface area (Å²) in [7, 11) is 0.608. The molecule has 0 rings (SSSR count). The highest BCUT2D eigenvalue weighted by Crippen LogP contribution is 1.78. The Morgan fingerprint density at radius 1 is 1.50 bits per heavy atom. The molecule has 0 aromatic carbocycles. The van der Waals surface area contributed by atoms with E-state index in [9.17, 15) is 0 Å². The lowest BCUT2D eigenvalue weighted by atomic mass is 10.6. The first kappa shape index (κ1) is 7.83. The molecule has 0 atom stereocenters. The van der Waals surface area contributed by atoms with E-state index in [2.05, 4.69) is 31.7 Å². The summed E-state index contributed by atoms with van der Waals surface area (Å²) in [5.74, 6) is 0. The van der Waals surface area contributed by atoms with Crippen LogP contribution in [0.1, 0.15) is 20.3 Å². The van der Waals surface area contributed by atoms with Crippen molar-refractivity contribution >= 4 is 14.8 Å². The van der Waals surface area contributed by atoms with Crippen LogP contribution in [0, 0.1) is 0 Å². The first-order chi connectivity index (χ1) is 3.91. The first-order valence-electron chi connectivity index (χ1n) is 3.19. The molecule has 1 heteroatoms. The van der Waals surface area contributed by atoms with Crippen LogP contribution in [0.2, 0.25) is 6.04 Å². The molecule has 0 radical (unpaired) electrons. The Morgan fingerprint density at radius 3 is 2.75 bits per heavy atom. The van der Waals surface area contributed by atoms with Gasteiger partial charge < -0.3 is 0 Å². The normalized spacial score (nSPS) is 11.8. The Bertz CT molecular complexity index is 82.4. The molecule has 0 bridgehead atoms. The van der Waals surface area contributed by atoms with Crippen LogP contribution in [0.15, 0.2) is 12.2 Å². The molecule has 0 aliphatic rings. The highest BCUT2D eigenvalue weighted by atomic mass is 28.2. The molecule has 0 aliphatic carbocycles. The van der Waals surface area contributed by atoms with Gasteiger partial charge in [0.1, 0.15) is 0 Å². The van der Waals surface area contributed by atoms with Gasteiger partial charge in [-0.1, -0.05) is 31.2 Å². The van der Waals surface area contributed by atoms with Gasteiger partial charge in [-0.15, -0.1) is 0 Å². The average Bonchev–Trinajstić information content (AvgIpc) is 1.81. The van der Waals surface area contributed by atoms with Gasteiger partial charge in [0, 0.05) is 0 Å². The minimum Gasteiger partial charge on any atom is -0.0881 e. The van der Waals surface area contributed by atoms with Crippen LogP contribution in [0.4, 0.5) is 0 Å². The Morgan fingerprint density at radius 2 is 2.25 bits per heavy atom. The smallest absolute Gasteiger partial charge is 0.00685 e.